The molecule has 1 aromatic carbocycles. The van der Waals surface area contributed by atoms with E-state index in [-0.39, 0.29) is 6.04 Å². The van der Waals surface area contributed by atoms with Crippen LogP contribution in [0.2, 0.25) is 5.02 Å². The lowest BCUT2D eigenvalue weighted by Gasteiger charge is -2.09. The van der Waals surface area contributed by atoms with Crippen LogP contribution in [0.15, 0.2) is 30.3 Å². The lowest BCUT2D eigenvalue weighted by atomic mass is 10.1. The van der Waals surface area contributed by atoms with Crippen molar-refractivity contribution >= 4 is 22.9 Å². The monoisotopic (exact) mass is 251 g/mol. The number of aryl methyl sites for hydroxylation is 2. The van der Waals surface area contributed by atoms with Gasteiger partial charge in [0.1, 0.15) is 0 Å². The smallest absolute Gasteiger partial charge is 0.0646 e. The normalized spacial score (nSPS) is 12.8. The van der Waals surface area contributed by atoms with E-state index in [4.69, 9.17) is 17.3 Å². The summed E-state index contributed by atoms with van der Waals surface area (Å²) in [6.45, 7) is 4.24. The van der Waals surface area contributed by atoms with Crippen LogP contribution in [0.25, 0.3) is 0 Å². The van der Waals surface area contributed by atoms with Gasteiger partial charge in [-0.1, -0.05) is 23.7 Å². The molecule has 1 heterocycles. The maximum atomic E-state index is 6.22. The number of benzene rings is 1. The van der Waals surface area contributed by atoms with Gasteiger partial charge in [-0.05, 0) is 43.2 Å². The number of thiophene rings is 1. The van der Waals surface area contributed by atoms with E-state index in [2.05, 4.69) is 19.9 Å². The van der Waals surface area contributed by atoms with Gasteiger partial charge < -0.3 is 5.73 Å². The van der Waals surface area contributed by atoms with Crippen molar-refractivity contribution in [3.8, 4) is 0 Å². The Hall–Kier alpha value is -0.830. The molecule has 1 nitrogen and oxygen atoms in total. The molecule has 0 aliphatic heterocycles. The van der Waals surface area contributed by atoms with Crippen LogP contribution in [0.1, 0.15) is 26.9 Å². The summed E-state index contributed by atoms with van der Waals surface area (Å²) in [6.07, 6.45) is 0. The Morgan fingerprint density at radius 2 is 1.81 bits per heavy atom. The molecule has 0 fully saturated rings. The second-order valence-corrected chi connectivity index (χ2v) is 5.64. The van der Waals surface area contributed by atoms with Gasteiger partial charge in [-0.25, -0.2) is 0 Å². The molecule has 2 aromatic rings. The molecule has 0 saturated heterocycles. The van der Waals surface area contributed by atoms with Gasteiger partial charge in [0.15, 0.2) is 0 Å². The maximum Gasteiger partial charge on any atom is 0.0646 e. The first-order valence-electron chi connectivity index (χ1n) is 5.16. The Morgan fingerprint density at radius 3 is 2.31 bits per heavy atom. The molecule has 2 N–H and O–H groups in total. The Labute approximate surface area is 105 Å². The first-order valence-corrected chi connectivity index (χ1v) is 6.35. The Kier molecular flexibility index (Phi) is 3.33. The van der Waals surface area contributed by atoms with Gasteiger partial charge in [0, 0.05) is 14.8 Å². The third kappa shape index (κ3) is 2.29. The van der Waals surface area contributed by atoms with E-state index in [0.717, 1.165) is 10.6 Å². The van der Waals surface area contributed by atoms with E-state index in [1.807, 2.05) is 24.3 Å². The van der Waals surface area contributed by atoms with Crippen LogP contribution in [-0.2, 0) is 0 Å². The van der Waals surface area contributed by atoms with Gasteiger partial charge in [0.05, 0.1) is 6.04 Å². The summed E-state index contributed by atoms with van der Waals surface area (Å²) >= 11 is 7.62. The molecule has 1 unspecified atom stereocenters. The van der Waals surface area contributed by atoms with Crippen molar-refractivity contribution in [3.05, 3.63) is 56.2 Å². The molecule has 0 aliphatic carbocycles. The van der Waals surface area contributed by atoms with E-state index in [1.54, 1.807) is 11.3 Å². The molecule has 3 heteroatoms. The van der Waals surface area contributed by atoms with Crippen LogP contribution in [-0.4, -0.2) is 0 Å². The summed E-state index contributed by atoms with van der Waals surface area (Å²) in [4.78, 5) is 2.54. The van der Waals surface area contributed by atoms with Gasteiger partial charge in [0.25, 0.3) is 0 Å². The highest BCUT2D eigenvalue weighted by Gasteiger charge is 2.12. The topological polar surface area (TPSA) is 26.0 Å². The molecular formula is C13H14ClNS. The van der Waals surface area contributed by atoms with Crippen LogP contribution < -0.4 is 5.73 Å². The van der Waals surface area contributed by atoms with E-state index >= 15 is 0 Å². The number of nitrogens with two attached hydrogens (primary N) is 1. The second-order valence-electron chi connectivity index (χ2n) is 3.92. The maximum absolute atomic E-state index is 6.22. The average molecular weight is 252 g/mol. The molecule has 2 rings (SSSR count). The average Bonchev–Trinajstić information content (AvgIpc) is 2.59. The predicted octanol–water partition coefficient (Wildman–Crippen LogP) is 4.07. The third-order valence-corrected chi connectivity index (χ3v) is 4.21. The van der Waals surface area contributed by atoms with Gasteiger partial charge in [-0.3, -0.25) is 0 Å². The molecule has 0 bridgehead atoms. The largest absolute Gasteiger partial charge is 0.320 e. The zero-order valence-corrected chi connectivity index (χ0v) is 10.9. The lowest BCUT2D eigenvalue weighted by Crippen LogP contribution is -2.09. The summed E-state index contributed by atoms with van der Waals surface area (Å²) < 4.78 is 0. The summed E-state index contributed by atoms with van der Waals surface area (Å²) in [7, 11) is 0. The Bertz CT molecular complexity index is 468. The number of rotatable bonds is 2. The van der Waals surface area contributed by atoms with Crippen molar-refractivity contribution in [1.29, 1.82) is 0 Å². The molecule has 0 saturated carbocycles. The molecule has 1 atom stereocenters. The summed E-state index contributed by atoms with van der Waals surface area (Å²) in [5.74, 6) is 0. The summed E-state index contributed by atoms with van der Waals surface area (Å²) in [5.41, 5.74) is 8.63. The molecule has 0 amide bonds. The lowest BCUT2D eigenvalue weighted by molar-refractivity contribution is 0.893. The number of halogens is 1. The highest BCUT2D eigenvalue weighted by atomic mass is 35.5. The minimum absolute atomic E-state index is 0.0466. The van der Waals surface area contributed by atoms with Crippen molar-refractivity contribution in [2.75, 3.05) is 0 Å². The van der Waals surface area contributed by atoms with Crippen LogP contribution in [0.3, 0.4) is 0 Å². The van der Waals surface area contributed by atoms with Crippen LogP contribution in [0.5, 0.6) is 0 Å². The third-order valence-electron chi connectivity index (χ3n) is 2.72. The fourth-order valence-corrected chi connectivity index (χ4v) is 2.79. The fourth-order valence-electron chi connectivity index (χ4n) is 1.59. The van der Waals surface area contributed by atoms with Gasteiger partial charge in [-0.2, -0.15) is 0 Å². The molecule has 0 aliphatic rings. The van der Waals surface area contributed by atoms with Crippen molar-refractivity contribution in [3.63, 3.8) is 0 Å². The van der Waals surface area contributed by atoms with Gasteiger partial charge >= 0.3 is 0 Å². The van der Waals surface area contributed by atoms with Crippen LogP contribution in [0.4, 0.5) is 0 Å². The van der Waals surface area contributed by atoms with E-state index in [1.165, 1.54) is 15.3 Å². The standard InChI is InChI=1S/C13H14ClNS/c1-8-7-12(16-9(8)2)13(15)10-3-5-11(14)6-4-10/h3-7,13H,15H2,1-2H3. The highest BCUT2D eigenvalue weighted by Crippen LogP contribution is 2.29. The minimum atomic E-state index is -0.0466. The molecule has 1 aromatic heterocycles. The highest BCUT2D eigenvalue weighted by molar-refractivity contribution is 7.12. The second kappa shape index (κ2) is 4.58. The molecule has 84 valence electrons. The fraction of sp³-hybridized carbons (Fsp3) is 0.231. The minimum Gasteiger partial charge on any atom is -0.320 e. The first kappa shape index (κ1) is 11.6. The predicted molar refractivity (Wildman–Crippen MR) is 71.3 cm³/mol. The van der Waals surface area contributed by atoms with Crippen molar-refractivity contribution in [2.24, 2.45) is 5.73 Å². The Balaban J connectivity index is 2.31. The van der Waals surface area contributed by atoms with Crippen LogP contribution in [0, 0.1) is 13.8 Å². The zero-order chi connectivity index (χ0) is 11.7. The van der Waals surface area contributed by atoms with Crippen molar-refractivity contribution in [2.45, 2.75) is 19.9 Å². The quantitative estimate of drug-likeness (QED) is 0.856. The van der Waals surface area contributed by atoms with Crippen LogP contribution >= 0.6 is 22.9 Å². The molecule has 16 heavy (non-hydrogen) atoms. The summed E-state index contributed by atoms with van der Waals surface area (Å²) in [6, 6.07) is 9.84. The summed E-state index contributed by atoms with van der Waals surface area (Å²) in [5, 5.41) is 0.745. The SMILES string of the molecule is Cc1cc(C(N)c2ccc(Cl)cc2)sc1C. The van der Waals surface area contributed by atoms with Gasteiger partial charge in [0.2, 0.25) is 0 Å². The van der Waals surface area contributed by atoms with Crippen molar-refractivity contribution < 1.29 is 0 Å². The molecule has 0 spiro atoms. The number of hydrogen-bond donors (Lipinski definition) is 1. The first-order chi connectivity index (χ1) is 7.58. The molecule has 0 radical (unpaired) electrons. The van der Waals surface area contributed by atoms with E-state index in [0.29, 0.717) is 0 Å². The Morgan fingerprint density at radius 1 is 1.19 bits per heavy atom. The number of hydrogen-bond acceptors (Lipinski definition) is 2. The zero-order valence-electron chi connectivity index (χ0n) is 9.33. The van der Waals surface area contributed by atoms with E-state index < -0.39 is 0 Å². The van der Waals surface area contributed by atoms with Crippen molar-refractivity contribution in [1.82, 2.24) is 0 Å². The van der Waals surface area contributed by atoms with Gasteiger partial charge in [-0.15, -0.1) is 11.3 Å². The molecular weight excluding hydrogens is 238 g/mol. The van der Waals surface area contributed by atoms with E-state index in [9.17, 15) is 0 Å².